The van der Waals surface area contributed by atoms with Gasteiger partial charge in [0.15, 0.2) is 0 Å². The number of piperazine rings is 1. The summed E-state index contributed by atoms with van der Waals surface area (Å²) in [7, 11) is 2.08. The van der Waals surface area contributed by atoms with E-state index in [1.165, 1.54) is 0 Å². The highest BCUT2D eigenvalue weighted by Gasteiger charge is 2.24. The molecule has 1 aliphatic heterocycles. The highest BCUT2D eigenvalue weighted by molar-refractivity contribution is 6.30. The Morgan fingerprint density at radius 3 is 2.43 bits per heavy atom. The minimum absolute atomic E-state index is 0.0789. The zero-order chi connectivity index (χ0) is 16.4. The highest BCUT2D eigenvalue weighted by Crippen LogP contribution is 2.19. The number of nitrogens with zero attached hydrogens (tertiary/aromatic N) is 4. The maximum atomic E-state index is 12.8. The number of hydrogen-bond donors (Lipinski definition) is 0. The normalized spacial score (nSPS) is 15.9. The SMILES string of the molecule is CCc1c(C(=O)N2CCN(C)CC2)cnn1-c1ccc(Cl)cc1. The topological polar surface area (TPSA) is 41.4 Å². The van der Waals surface area contributed by atoms with Gasteiger partial charge < -0.3 is 9.80 Å². The second-order valence-corrected chi connectivity index (χ2v) is 6.28. The molecule has 122 valence electrons. The maximum absolute atomic E-state index is 12.8. The summed E-state index contributed by atoms with van der Waals surface area (Å²) in [6, 6.07) is 7.50. The van der Waals surface area contributed by atoms with Crippen LogP contribution in [0.1, 0.15) is 23.0 Å². The van der Waals surface area contributed by atoms with Crippen LogP contribution in [0.2, 0.25) is 5.02 Å². The molecule has 1 fully saturated rings. The van der Waals surface area contributed by atoms with Crippen molar-refractivity contribution in [3.8, 4) is 5.69 Å². The number of amides is 1. The van der Waals surface area contributed by atoms with E-state index in [-0.39, 0.29) is 5.91 Å². The molecule has 0 bridgehead atoms. The number of aromatic nitrogens is 2. The first-order valence-corrected chi connectivity index (χ1v) is 8.28. The fourth-order valence-corrected chi connectivity index (χ4v) is 3.00. The van der Waals surface area contributed by atoms with Gasteiger partial charge in [-0.2, -0.15) is 5.10 Å². The van der Waals surface area contributed by atoms with Crippen LogP contribution in [0.25, 0.3) is 5.69 Å². The van der Waals surface area contributed by atoms with Gasteiger partial charge in [0.25, 0.3) is 5.91 Å². The molecule has 0 spiro atoms. The largest absolute Gasteiger partial charge is 0.336 e. The molecule has 1 aromatic heterocycles. The van der Waals surface area contributed by atoms with Gasteiger partial charge in [0.1, 0.15) is 0 Å². The van der Waals surface area contributed by atoms with Gasteiger partial charge in [-0.05, 0) is 37.7 Å². The van der Waals surface area contributed by atoms with Crippen LogP contribution >= 0.6 is 11.6 Å². The molecule has 23 heavy (non-hydrogen) atoms. The van der Waals surface area contributed by atoms with Gasteiger partial charge >= 0.3 is 0 Å². The summed E-state index contributed by atoms with van der Waals surface area (Å²) in [6.07, 6.45) is 2.44. The van der Waals surface area contributed by atoms with Gasteiger partial charge in [-0.3, -0.25) is 4.79 Å². The number of halogens is 1. The first-order chi connectivity index (χ1) is 11.1. The molecule has 2 heterocycles. The average Bonchev–Trinajstić information content (AvgIpc) is 2.99. The van der Waals surface area contributed by atoms with E-state index in [0.717, 1.165) is 44.0 Å². The molecule has 0 atom stereocenters. The number of carbonyl (C=O) groups excluding carboxylic acids is 1. The molecule has 1 saturated heterocycles. The monoisotopic (exact) mass is 332 g/mol. The number of carbonyl (C=O) groups is 1. The smallest absolute Gasteiger partial charge is 0.257 e. The van der Waals surface area contributed by atoms with Gasteiger partial charge in [0.2, 0.25) is 0 Å². The lowest BCUT2D eigenvalue weighted by atomic mass is 10.1. The van der Waals surface area contributed by atoms with Crippen molar-refractivity contribution in [1.29, 1.82) is 0 Å². The first kappa shape index (κ1) is 16.0. The van der Waals surface area contributed by atoms with Gasteiger partial charge in [-0.25, -0.2) is 4.68 Å². The summed E-state index contributed by atoms with van der Waals surface area (Å²) in [5.41, 5.74) is 2.56. The van der Waals surface area contributed by atoms with Gasteiger partial charge in [-0.1, -0.05) is 18.5 Å². The number of hydrogen-bond acceptors (Lipinski definition) is 3. The summed E-state index contributed by atoms with van der Waals surface area (Å²) < 4.78 is 1.83. The summed E-state index contributed by atoms with van der Waals surface area (Å²) in [6.45, 7) is 5.41. The molecular weight excluding hydrogens is 312 g/mol. The number of likely N-dealkylation sites (N-methyl/N-ethyl adjacent to an activating group) is 1. The van der Waals surface area contributed by atoms with Crippen LogP contribution in [0, 0.1) is 0 Å². The van der Waals surface area contributed by atoms with Crippen LogP contribution in [-0.4, -0.2) is 58.7 Å². The Labute approximate surface area is 141 Å². The minimum atomic E-state index is 0.0789. The van der Waals surface area contributed by atoms with Gasteiger partial charge in [0.05, 0.1) is 23.1 Å². The second-order valence-electron chi connectivity index (χ2n) is 5.84. The van der Waals surface area contributed by atoms with Crippen molar-refractivity contribution in [2.75, 3.05) is 33.2 Å². The standard InChI is InChI=1S/C17H21ClN4O/c1-3-16-15(17(23)21-10-8-20(2)9-11-21)12-19-22(16)14-6-4-13(18)5-7-14/h4-7,12H,3,8-11H2,1-2H3. The zero-order valence-corrected chi connectivity index (χ0v) is 14.3. The molecule has 0 saturated carbocycles. The van der Waals surface area contributed by atoms with E-state index in [2.05, 4.69) is 17.0 Å². The lowest BCUT2D eigenvalue weighted by molar-refractivity contribution is 0.0663. The van der Waals surface area contributed by atoms with E-state index in [4.69, 9.17) is 11.6 Å². The number of rotatable bonds is 3. The van der Waals surface area contributed by atoms with Crippen LogP contribution in [0.15, 0.2) is 30.5 Å². The third-order valence-corrected chi connectivity index (χ3v) is 4.55. The van der Waals surface area contributed by atoms with Crippen molar-refractivity contribution in [3.63, 3.8) is 0 Å². The fourth-order valence-electron chi connectivity index (χ4n) is 2.88. The Balaban J connectivity index is 1.89. The van der Waals surface area contributed by atoms with Crippen LogP contribution in [-0.2, 0) is 6.42 Å². The molecule has 0 radical (unpaired) electrons. The third kappa shape index (κ3) is 3.26. The van der Waals surface area contributed by atoms with E-state index in [1.54, 1.807) is 6.20 Å². The van der Waals surface area contributed by atoms with E-state index >= 15 is 0 Å². The molecule has 1 aliphatic rings. The summed E-state index contributed by atoms with van der Waals surface area (Å²) >= 11 is 5.95. The summed E-state index contributed by atoms with van der Waals surface area (Å²) in [5, 5.41) is 5.12. The second kappa shape index (κ2) is 6.72. The lowest BCUT2D eigenvalue weighted by Gasteiger charge is -2.32. The third-order valence-electron chi connectivity index (χ3n) is 4.30. The molecule has 1 amide bonds. The summed E-state index contributed by atoms with van der Waals surface area (Å²) in [5.74, 6) is 0.0789. The molecule has 0 N–H and O–H groups in total. The highest BCUT2D eigenvalue weighted by atomic mass is 35.5. The minimum Gasteiger partial charge on any atom is -0.336 e. The van der Waals surface area contributed by atoms with Crippen molar-refractivity contribution in [2.45, 2.75) is 13.3 Å². The molecule has 1 aromatic carbocycles. The van der Waals surface area contributed by atoms with Crippen molar-refractivity contribution < 1.29 is 4.79 Å². The van der Waals surface area contributed by atoms with Crippen LogP contribution in [0.4, 0.5) is 0 Å². The van der Waals surface area contributed by atoms with Gasteiger partial charge in [-0.15, -0.1) is 0 Å². The fraction of sp³-hybridized carbons (Fsp3) is 0.412. The van der Waals surface area contributed by atoms with Gasteiger partial charge in [0, 0.05) is 31.2 Å². The van der Waals surface area contributed by atoms with E-state index in [9.17, 15) is 4.79 Å². The molecule has 2 aromatic rings. The zero-order valence-electron chi connectivity index (χ0n) is 13.5. The van der Waals surface area contributed by atoms with Crippen molar-refractivity contribution >= 4 is 17.5 Å². The Hall–Kier alpha value is -1.85. The van der Waals surface area contributed by atoms with Crippen LogP contribution in [0.3, 0.4) is 0 Å². The summed E-state index contributed by atoms with van der Waals surface area (Å²) in [4.78, 5) is 17.0. The molecule has 5 nitrogen and oxygen atoms in total. The van der Waals surface area contributed by atoms with E-state index in [0.29, 0.717) is 10.6 Å². The molecule has 3 rings (SSSR count). The van der Waals surface area contributed by atoms with Crippen molar-refractivity contribution in [3.05, 3.63) is 46.7 Å². The molecule has 6 heteroatoms. The Morgan fingerprint density at radius 2 is 1.83 bits per heavy atom. The first-order valence-electron chi connectivity index (χ1n) is 7.90. The molecule has 0 unspecified atom stereocenters. The van der Waals surface area contributed by atoms with Crippen LogP contribution < -0.4 is 0 Å². The molecular formula is C17H21ClN4O. The Kier molecular flexibility index (Phi) is 4.68. The van der Waals surface area contributed by atoms with E-state index < -0.39 is 0 Å². The average molecular weight is 333 g/mol. The molecule has 0 aliphatic carbocycles. The number of benzene rings is 1. The Bertz CT molecular complexity index is 687. The van der Waals surface area contributed by atoms with Crippen molar-refractivity contribution in [2.24, 2.45) is 0 Å². The van der Waals surface area contributed by atoms with E-state index in [1.807, 2.05) is 40.8 Å². The quantitative estimate of drug-likeness (QED) is 0.867. The Morgan fingerprint density at radius 1 is 1.17 bits per heavy atom. The predicted octanol–water partition coefficient (Wildman–Crippen LogP) is 2.48. The lowest BCUT2D eigenvalue weighted by Crippen LogP contribution is -2.47. The van der Waals surface area contributed by atoms with Crippen LogP contribution in [0.5, 0.6) is 0 Å². The predicted molar refractivity (Wildman–Crippen MR) is 91.4 cm³/mol. The van der Waals surface area contributed by atoms with Crippen molar-refractivity contribution in [1.82, 2.24) is 19.6 Å². The maximum Gasteiger partial charge on any atom is 0.257 e.